The molecule has 0 amide bonds. The van der Waals surface area contributed by atoms with Crippen LogP contribution in [0.25, 0.3) is 21.9 Å². The Morgan fingerprint density at radius 2 is 1.18 bits per heavy atom. The minimum absolute atomic E-state index is 0. The van der Waals surface area contributed by atoms with Crippen LogP contribution in [0.4, 0.5) is 17.1 Å². The molecule has 0 saturated carbocycles. The summed E-state index contributed by atoms with van der Waals surface area (Å²) in [5.74, 6) is 0.355. The van der Waals surface area contributed by atoms with Crippen LogP contribution in [-0.2, 0) is 12.8 Å². The summed E-state index contributed by atoms with van der Waals surface area (Å²) in [6.07, 6.45) is 0. The molecule has 232 valence electrons. The van der Waals surface area contributed by atoms with Gasteiger partial charge in [0.1, 0.15) is 22.3 Å². The van der Waals surface area contributed by atoms with Gasteiger partial charge in [-0.3, -0.25) is 30.3 Å². The molecule has 4 aromatic carbocycles. The number of hydrogen-bond donors (Lipinski definition) is 1. The Morgan fingerprint density at radius 3 is 1.64 bits per heavy atom. The van der Waals surface area contributed by atoms with E-state index in [2.05, 4.69) is 35.4 Å². The maximum Gasteiger partial charge on any atom is 1.00 e. The first-order chi connectivity index (χ1) is 20.2. The second-order valence-corrected chi connectivity index (χ2v) is 10.3. The van der Waals surface area contributed by atoms with Gasteiger partial charge in [-0.1, -0.05) is 57.2 Å². The number of benzene rings is 4. The molecule has 0 fully saturated rings. The second kappa shape index (κ2) is 21.1. The van der Waals surface area contributed by atoms with Crippen molar-refractivity contribution in [2.75, 3.05) is 0 Å². The first kappa shape index (κ1) is 42.3. The van der Waals surface area contributed by atoms with Gasteiger partial charge in [0.2, 0.25) is 0 Å². The smallest absolute Gasteiger partial charge is 1.00 e. The summed E-state index contributed by atoms with van der Waals surface area (Å²) in [6.45, 7) is 4.90. The van der Waals surface area contributed by atoms with Crippen LogP contribution >= 0.6 is 42.9 Å². The van der Waals surface area contributed by atoms with E-state index in [0.29, 0.717) is 22.3 Å². The van der Waals surface area contributed by atoms with Gasteiger partial charge < -0.3 is 14.6 Å². The normalized spacial score (nSPS) is 9.73. The Kier molecular flexibility index (Phi) is 20.3. The number of non-ortho nitro benzene ring substituents is 3. The number of nitro benzene ring substituents is 3. The molecule has 5 rings (SSSR count). The number of furan rings is 1. The summed E-state index contributed by atoms with van der Waals surface area (Å²) in [7, 11) is 0. The molecule has 0 radical (unpaired) electrons. The number of aromatic hydroxyl groups is 1. The fraction of sp³-hybridized carbons (Fsp3) is 0.143. The number of nitro groups is 3. The van der Waals surface area contributed by atoms with E-state index >= 15 is 0 Å². The summed E-state index contributed by atoms with van der Waals surface area (Å²) >= 11 is 7.94. The molecule has 0 aliphatic rings. The Hall–Kier alpha value is -1.74. The van der Waals surface area contributed by atoms with Gasteiger partial charge in [-0.25, -0.2) is 0 Å². The molecule has 1 N–H and O–H groups in total. The minimum atomic E-state index is -0.750. The number of rotatable bonds is 3. The number of hydrogen-bond acceptors (Lipinski definition) is 9. The number of para-hydroxylation sites is 2. The van der Waals surface area contributed by atoms with E-state index in [9.17, 15) is 35.4 Å². The Balaban J connectivity index is 0.000000588. The van der Waals surface area contributed by atoms with Gasteiger partial charge in [0.15, 0.2) is 0 Å². The Morgan fingerprint density at radius 1 is 0.727 bits per heavy atom. The zero-order valence-electron chi connectivity index (χ0n) is 23.8. The van der Waals surface area contributed by atoms with Gasteiger partial charge in [0, 0.05) is 23.6 Å². The molecule has 12 nitrogen and oxygen atoms in total. The van der Waals surface area contributed by atoms with E-state index in [1.807, 2.05) is 30.3 Å². The molecule has 0 saturated heterocycles. The van der Waals surface area contributed by atoms with Gasteiger partial charge in [-0.15, -0.1) is 5.60 Å². The van der Waals surface area contributed by atoms with E-state index in [1.165, 1.54) is 24.3 Å². The third-order valence-electron chi connectivity index (χ3n) is 4.68. The van der Waals surface area contributed by atoms with Crippen LogP contribution in [0.15, 0.2) is 95.4 Å². The minimum Gasteiger partial charge on any atom is 1.00 e. The molecule has 44 heavy (non-hydrogen) atoms. The van der Waals surface area contributed by atoms with Crippen molar-refractivity contribution in [3.05, 3.63) is 125 Å². The average molecular weight is 904 g/mol. The molecule has 5 aromatic rings. The average Bonchev–Trinajstić information content (AvgIpc) is 3.34. The third kappa shape index (κ3) is 15.0. The van der Waals surface area contributed by atoms with Gasteiger partial charge in [0.25, 0.3) is 17.1 Å². The fourth-order valence-corrected chi connectivity index (χ4v) is 3.47. The van der Waals surface area contributed by atoms with E-state index in [1.54, 1.807) is 71.4 Å². The zero-order valence-corrected chi connectivity index (χ0v) is 32.2. The summed E-state index contributed by atoms with van der Waals surface area (Å²) in [5, 5.41) is 51.6. The van der Waals surface area contributed by atoms with Gasteiger partial charge in [-0.05, 0) is 52.9 Å². The fourth-order valence-electron chi connectivity index (χ4n) is 3.08. The molecule has 0 aliphatic heterocycles. The molecule has 0 bridgehead atoms. The first-order valence-corrected chi connectivity index (χ1v) is 16.0. The molecular formula is C28H25CuI2KN3O9. The van der Waals surface area contributed by atoms with Gasteiger partial charge >= 0.3 is 84.5 Å². The van der Waals surface area contributed by atoms with Crippen LogP contribution in [0.3, 0.4) is 0 Å². The van der Waals surface area contributed by atoms with Crippen molar-refractivity contribution in [2.24, 2.45) is 0 Å². The zero-order chi connectivity index (χ0) is 32.7. The van der Waals surface area contributed by atoms with E-state index in [4.69, 9.17) is 9.52 Å². The molecule has 0 atom stereocenters. The van der Waals surface area contributed by atoms with Crippen molar-refractivity contribution in [2.45, 2.75) is 26.4 Å². The number of fused-ring (bicyclic) bond motifs is 3. The number of phenolic OH excluding ortho intramolecular Hbond substituents is 1. The van der Waals surface area contributed by atoms with Crippen LogP contribution in [0.5, 0.6) is 5.75 Å². The molecule has 1 aromatic heterocycles. The van der Waals surface area contributed by atoms with Crippen molar-refractivity contribution in [3.63, 3.8) is 0 Å². The Bertz CT molecular complexity index is 1630. The van der Waals surface area contributed by atoms with Crippen molar-refractivity contribution >= 4 is 81.9 Å². The first-order valence-electron chi connectivity index (χ1n) is 11.9. The number of halogens is 2. The van der Waals surface area contributed by atoms with Crippen LogP contribution in [0.2, 0.25) is 0 Å². The summed E-state index contributed by atoms with van der Waals surface area (Å²) in [6, 6.07) is 24.0. The molecular weight excluding hydrogens is 879 g/mol. The standard InChI is InChI=1S/C12H7NO3.C6H5IO.C6H4N2O4.C4H9O.Cu.HI.K/c14-13(15)9-5-3-7-11-12(9)8-4-1-2-6-10(8)16-11;7-5-3-1-2-4-6(5)8;9-7(10)5-2-1-3-6(4-5)8(11)12;1-4(2,3)5;;;/h1-7H;1-4,8H;1-4H;1-3H3;;1H;/q;;;-1;+1;;+1/p-1. The van der Waals surface area contributed by atoms with Crippen molar-refractivity contribution in [1.29, 1.82) is 0 Å². The third-order valence-corrected chi connectivity index (χ3v) is 5.59. The second-order valence-electron chi connectivity index (χ2n) is 9.10. The molecule has 16 heteroatoms. The Labute approximate surface area is 328 Å². The van der Waals surface area contributed by atoms with Crippen molar-refractivity contribution in [1.82, 2.24) is 0 Å². The maximum absolute atomic E-state index is 10.9. The van der Waals surface area contributed by atoms with Crippen LogP contribution < -0.4 is 56.5 Å². The quantitative estimate of drug-likeness (QED) is 0.112. The predicted molar refractivity (Wildman–Crippen MR) is 175 cm³/mol. The summed E-state index contributed by atoms with van der Waals surface area (Å²) in [4.78, 5) is 29.5. The van der Waals surface area contributed by atoms with Crippen LogP contribution in [-0.4, -0.2) is 25.5 Å². The monoisotopic (exact) mass is 903 g/mol. The molecule has 0 unspecified atom stereocenters. The van der Waals surface area contributed by atoms with Crippen molar-refractivity contribution < 1.29 is 93.5 Å². The number of nitrogens with zero attached hydrogens (tertiary/aromatic N) is 3. The van der Waals surface area contributed by atoms with E-state index in [0.717, 1.165) is 15.0 Å². The van der Waals surface area contributed by atoms with Gasteiger partial charge in [-0.2, -0.15) is 0 Å². The van der Waals surface area contributed by atoms with E-state index in [-0.39, 0.29) is 73.4 Å². The maximum atomic E-state index is 10.9. The largest absolute Gasteiger partial charge is 1.00 e. The summed E-state index contributed by atoms with van der Waals surface area (Å²) in [5.41, 5.74) is 0.0121. The molecule has 1 heterocycles. The SMILES string of the molecule is CC(C)(C)[O-].O=[N+]([O-])c1cccc([N+](=O)[O-])c1.O=[N+]([O-])c1cccc2oc3ccccc3c12.Oc1ccccc1I.[Cu][I].[K+]. The predicted octanol–water partition coefficient (Wildman–Crippen LogP) is 5.03. The topological polar surface area (TPSA) is 186 Å². The number of phenols is 1. The molecule has 0 spiro atoms. The summed E-state index contributed by atoms with van der Waals surface area (Å²) < 4.78 is 6.43. The van der Waals surface area contributed by atoms with Gasteiger partial charge in [0.05, 0.1) is 24.4 Å². The van der Waals surface area contributed by atoms with Crippen molar-refractivity contribution in [3.8, 4) is 5.75 Å². The van der Waals surface area contributed by atoms with Crippen LogP contribution in [0, 0.1) is 33.9 Å². The molecule has 0 aliphatic carbocycles. The van der Waals surface area contributed by atoms with Crippen LogP contribution in [0.1, 0.15) is 20.8 Å². The van der Waals surface area contributed by atoms with E-state index < -0.39 is 15.4 Å².